The van der Waals surface area contributed by atoms with E-state index in [1.165, 1.54) is 77.2 Å². The summed E-state index contributed by atoms with van der Waals surface area (Å²) in [7, 11) is 0. The van der Waals surface area contributed by atoms with E-state index in [-0.39, 0.29) is 0 Å². The Kier molecular flexibility index (Phi) is 7.23. The summed E-state index contributed by atoms with van der Waals surface area (Å²) >= 11 is 0. The standard InChI is InChI=1S/C17H33NO/c1-2-13-18-16(10-9-15-6-3-4-7-15)11-12-17-8-5-14-19-17/h15-18H,2-14H2,1H3. The molecule has 1 N–H and O–H groups in total. The summed E-state index contributed by atoms with van der Waals surface area (Å²) in [6.07, 6.45) is 15.8. The molecule has 2 rings (SSSR count). The molecule has 19 heavy (non-hydrogen) atoms. The van der Waals surface area contributed by atoms with Gasteiger partial charge in [0.25, 0.3) is 0 Å². The van der Waals surface area contributed by atoms with Gasteiger partial charge in [-0.05, 0) is 57.4 Å². The zero-order chi connectivity index (χ0) is 13.3. The van der Waals surface area contributed by atoms with E-state index >= 15 is 0 Å². The fourth-order valence-electron chi connectivity index (χ4n) is 3.69. The maximum absolute atomic E-state index is 5.76. The van der Waals surface area contributed by atoms with E-state index in [0.29, 0.717) is 6.10 Å². The zero-order valence-corrected chi connectivity index (χ0v) is 12.8. The second-order valence-corrected chi connectivity index (χ2v) is 6.59. The second-order valence-electron chi connectivity index (χ2n) is 6.59. The molecular weight excluding hydrogens is 234 g/mol. The van der Waals surface area contributed by atoms with Crippen molar-refractivity contribution in [3.05, 3.63) is 0 Å². The molecule has 2 unspecified atom stereocenters. The first-order chi connectivity index (χ1) is 9.38. The van der Waals surface area contributed by atoms with Crippen LogP contribution in [-0.4, -0.2) is 25.3 Å². The average Bonchev–Trinajstić information content (AvgIpc) is 3.11. The van der Waals surface area contributed by atoms with Crippen LogP contribution in [0.3, 0.4) is 0 Å². The third-order valence-corrected chi connectivity index (χ3v) is 4.94. The Morgan fingerprint density at radius 1 is 1.05 bits per heavy atom. The van der Waals surface area contributed by atoms with E-state index in [2.05, 4.69) is 12.2 Å². The lowest BCUT2D eigenvalue weighted by molar-refractivity contribution is 0.0990. The summed E-state index contributed by atoms with van der Waals surface area (Å²) in [6.45, 7) is 4.45. The Labute approximate surface area is 119 Å². The smallest absolute Gasteiger partial charge is 0.0576 e. The molecule has 0 amide bonds. The van der Waals surface area contributed by atoms with Crippen molar-refractivity contribution in [2.45, 2.75) is 89.7 Å². The average molecular weight is 267 g/mol. The molecule has 0 spiro atoms. The second kappa shape index (κ2) is 8.97. The van der Waals surface area contributed by atoms with Crippen molar-refractivity contribution in [1.29, 1.82) is 0 Å². The van der Waals surface area contributed by atoms with Crippen LogP contribution in [0.5, 0.6) is 0 Å². The van der Waals surface area contributed by atoms with Crippen LogP contribution in [-0.2, 0) is 4.74 Å². The molecule has 0 aromatic rings. The number of nitrogens with one attached hydrogen (secondary N) is 1. The van der Waals surface area contributed by atoms with Crippen LogP contribution in [0.25, 0.3) is 0 Å². The first-order valence-corrected chi connectivity index (χ1v) is 8.73. The molecule has 2 fully saturated rings. The van der Waals surface area contributed by atoms with Gasteiger partial charge in [-0.25, -0.2) is 0 Å². The predicted octanol–water partition coefficient (Wildman–Crippen LogP) is 4.28. The highest BCUT2D eigenvalue weighted by atomic mass is 16.5. The molecule has 0 radical (unpaired) electrons. The van der Waals surface area contributed by atoms with Gasteiger partial charge in [-0.15, -0.1) is 0 Å². The van der Waals surface area contributed by atoms with E-state index in [9.17, 15) is 0 Å². The summed E-state index contributed by atoms with van der Waals surface area (Å²) in [4.78, 5) is 0. The van der Waals surface area contributed by atoms with Gasteiger partial charge in [-0.3, -0.25) is 0 Å². The van der Waals surface area contributed by atoms with Gasteiger partial charge >= 0.3 is 0 Å². The van der Waals surface area contributed by atoms with Crippen LogP contribution in [0.4, 0.5) is 0 Å². The fraction of sp³-hybridized carbons (Fsp3) is 1.00. The molecule has 0 aromatic carbocycles. The largest absolute Gasteiger partial charge is 0.378 e. The molecule has 2 heteroatoms. The topological polar surface area (TPSA) is 21.3 Å². The molecule has 1 saturated heterocycles. The SMILES string of the molecule is CCCNC(CCC1CCCC1)CCC1CCCO1. The molecule has 0 aromatic heterocycles. The lowest BCUT2D eigenvalue weighted by atomic mass is 9.95. The molecule has 2 atom stereocenters. The molecular formula is C17H33NO. The Bertz CT molecular complexity index is 199. The number of hydrogen-bond donors (Lipinski definition) is 1. The van der Waals surface area contributed by atoms with Crippen LogP contribution in [0.1, 0.15) is 77.6 Å². The van der Waals surface area contributed by atoms with Crippen molar-refractivity contribution in [2.75, 3.05) is 13.2 Å². The molecule has 112 valence electrons. The number of hydrogen-bond acceptors (Lipinski definition) is 2. The number of ether oxygens (including phenoxy) is 1. The minimum atomic E-state index is 0.567. The normalized spacial score (nSPS) is 26.1. The molecule has 2 aliphatic rings. The van der Waals surface area contributed by atoms with E-state index in [1.54, 1.807) is 0 Å². The fourth-order valence-corrected chi connectivity index (χ4v) is 3.69. The van der Waals surface area contributed by atoms with Gasteiger partial charge in [-0.1, -0.05) is 32.6 Å². The predicted molar refractivity (Wildman–Crippen MR) is 81.5 cm³/mol. The molecule has 1 heterocycles. The minimum absolute atomic E-state index is 0.567. The summed E-state index contributed by atoms with van der Waals surface area (Å²) in [5, 5.41) is 3.76. The third kappa shape index (κ3) is 5.83. The Balaban J connectivity index is 1.64. The molecule has 1 aliphatic carbocycles. The van der Waals surface area contributed by atoms with E-state index in [1.807, 2.05) is 0 Å². The number of rotatable bonds is 9. The van der Waals surface area contributed by atoms with E-state index < -0.39 is 0 Å². The monoisotopic (exact) mass is 267 g/mol. The quantitative estimate of drug-likeness (QED) is 0.673. The maximum atomic E-state index is 5.76. The van der Waals surface area contributed by atoms with Gasteiger partial charge in [0.15, 0.2) is 0 Å². The highest BCUT2D eigenvalue weighted by molar-refractivity contribution is 4.75. The lowest BCUT2D eigenvalue weighted by Crippen LogP contribution is -2.31. The van der Waals surface area contributed by atoms with Crippen LogP contribution >= 0.6 is 0 Å². The van der Waals surface area contributed by atoms with Crippen LogP contribution in [0.15, 0.2) is 0 Å². The van der Waals surface area contributed by atoms with Crippen LogP contribution in [0, 0.1) is 5.92 Å². The third-order valence-electron chi connectivity index (χ3n) is 4.94. The zero-order valence-electron chi connectivity index (χ0n) is 12.8. The molecule has 1 aliphatic heterocycles. The van der Waals surface area contributed by atoms with Crippen molar-refractivity contribution in [3.8, 4) is 0 Å². The summed E-state index contributed by atoms with van der Waals surface area (Å²) in [5.74, 6) is 1.04. The summed E-state index contributed by atoms with van der Waals surface area (Å²) in [5.41, 5.74) is 0. The van der Waals surface area contributed by atoms with Gasteiger partial charge in [0.2, 0.25) is 0 Å². The summed E-state index contributed by atoms with van der Waals surface area (Å²) < 4.78 is 5.76. The van der Waals surface area contributed by atoms with Crippen LogP contribution in [0.2, 0.25) is 0 Å². The van der Waals surface area contributed by atoms with Gasteiger partial charge < -0.3 is 10.1 Å². The molecule has 2 nitrogen and oxygen atoms in total. The first kappa shape index (κ1) is 15.3. The highest BCUT2D eigenvalue weighted by Gasteiger charge is 2.20. The summed E-state index contributed by atoms with van der Waals surface area (Å²) in [6, 6.07) is 0.741. The van der Waals surface area contributed by atoms with Crippen LogP contribution < -0.4 is 5.32 Å². The Hall–Kier alpha value is -0.0800. The van der Waals surface area contributed by atoms with E-state index in [0.717, 1.165) is 18.6 Å². The minimum Gasteiger partial charge on any atom is -0.378 e. The lowest BCUT2D eigenvalue weighted by Gasteiger charge is -2.21. The van der Waals surface area contributed by atoms with Crippen molar-refractivity contribution in [3.63, 3.8) is 0 Å². The van der Waals surface area contributed by atoms with Gasteiger partial charge in [0.1, 0.15) is 0 Å². The van der Waals surface area contributed by atoms with Crippen molar-refractivity contribution < 1.29 is 4.74 Å². The van der Waals surface area contributed by atoms with Gasteiger partial charge in [0, 0.05) is 12.6 Å². The Morgan fingerprint density at radius 3 is 2.53 bits per heavy atom. The van der Waals surface area contributed by atoms with E-state index in [4.69, 9.17) is 4.74 Å². The first-order valence-electron chi connectivity index (χ1n) is 8.73. The highest BCUT2D eigenvalue weighted by Crippen LogP contribution is 2.29. The Morgan fingerprint density at radius 2 is 1.84 bits per heavy atom. The molecule has 0 bridgehead atoms. The van der Waals surface area contributed by atoms with Crippen molar-refractivity contribution >= 4 is 0 Å². The van der Waals surface area contributed by atoms with Gasteiger partial charge in [-0.2, -0.15) is 0 Å². The molecule has 1 saturated carbocycles. The van der Waals surface area contributed by atoms with Gasteiger partial charge in [0.05, 0.1) is 6.10 Å². The van der Waals surface area contributed by atoms with Crippen molar-refractivity contribution in [2.24, 2.45) is 5.92 Å². The maximum Gasteiger partial charge on any atom is 0.0576 e. The van der Waals surface area contributed by atoms with Crippen molar-refractivity contribution in [1.82, 2.24) is 5.32 Å².